The summed E-state index contributed by atoms with van der Waals surface area (Å²) in [7, 11) is -3.52. The second-order valence-corrected chi connectivity index (χ2v) is 5.58. The van der Waals surface area contributed by atoms with Gasteiger partial charge in [-0.15, -0.1) is 6.42 Å². The molecule has 3 nitrogen and oxygen atoms in total. The highest BCUT2D eigenvalue weighted by Gasteiger charge is 2.19. The summed E-state index contributed by atoms with van der Waals surface area (Å²) in [6.07, 6.45) is 6.78. The molecule has 0 saturated carbocycles. The van der Waals surface area contributed by atoms with Crippen molar-refractivity contribution in [1.29, 1.82) is 0 Å². The average molecular weight is 251 g/mol. The van der Waals surface area contributed by atoms with Crippen LogP contribution < -0.4 is 4.72 Å². The predicted molar refractivity (Wildman–Crippen MR) is 69.0 cm³/mol. The molecule has 1 atom stereocenters. The van der Waals surface area contributed by atoms with E-state index in [-0.39, 0.29) is 4.90 Å². The standard InChI is InChI=1S/C13H17NO2S/c1-4-8-12(5-2)14-17(15,16)13-10-7-6-9-11(13)3/h2,6-7,9-10,12,14H,4,8H2,1,3H3. The molecule has 0 spiro atoms. The molecule has 0 saturated heterocycles. The van der Waals surface area contributed by atoms with Gasteiger partial charge in [0.2, 0.25) is 10.0 Å². The summed E-state index contributed by atoms with van der Waals surface area (Å²) in [4.78, 5) is 0.288. The third kappa shape index (κ3) is 3.58. The van der Waals surface area contributed by atoms with Crippen LogP contribution in [0.4, 0.5) is 0 Å². The Morgan fingerprint density at radius 2 is 2.06 bits per heavy atom. The van der Waals surface area contributed by atoms with Crippen LogP contribution in [-0.2, 0) is 10.0 Å². The second kappa shape index (κ2) is 5.85. The van der Waals surface area contributed by atoms with Crippen LogP contribution in [0.5, 0.6) is 0 Å². The summed E-state index contributed by atoms with van der Waals surface area (Å²) in [5.41, 5.74) is 0.715. The molecule has 17 heavy (non-hydrogen) atoms. The Labute approximate surface area is 103 Å². The summed E-state index contributed by atoms with van der Waals surface area (Å²) < 4.78 is 26.7. The van der Waals surface area contributed by atoms with E-state index in [0.717, 1.165) is 6.42 Å². The number of rotatable bonds is 5. The Bertz CT molecular complexity index is 514. The van der Waals surface area contributed by atoms with Gasteiger partial charge in [0.1, 0.15) is 0 Å². The number of benzene rings is 1. The smallest absolute Gasteiger partial charge is 0.207 e. The Balaban J connectivity index is 2.98. The fourth-order valence-corrected chi connectivity index (χ4v) is 3.01. The monoisotopic (exact) mass is 251 g/mol. The van der Waals surface area contributed by atoms with E-state index in [4.69, 9.17) is 6.42 Å². The van der Waals surface area contributed by atoms with Crippen LogP contribution in [0, 0.1) is 19.3 Å². The lowest BCUT2D eigenvalue weighted by Crippen LogP contribution is -2.34. The van der Waals surface area contributed by atoms with Crippen molar-refractivity contribution in [1.82, 2.24) is 4.72 Å². The molecule has 0 radical (unpaired) electrons. The van der Waals surface area contributed by atoms with Gasteiger partial charge in [-0.05, 0) is 25.0 Å². The molecule has 0 fully saturated rings. The van der Waals surface area contributed by atoms with Gasteiger partial charge in [-0.25, -0.2) is 8.42 Å². The molecular weight excluding hydrogens is 234 g/mol. The van der Waals surface area contributed by atoms with Crippen molar-refractivity contribution in [3.05, 3.63) is 29.8 Å². The lowest BCUT2D eigenvalue weighted by atomic mass is 10.2. The molecule has 1 rings (SSSR count). The van der Waals surface area contributed by atoms with Gasteiger partial charge in [0, 0.05) is 0 Å². The fourth-order valence-electron chi connectivity index (χ4n) is 1.57. The highest BCUT2D eigenvalue weighted by atomic mass is 32.2. The fraction of sp³-hybridized carbons (Fsp3) is 0.385. The van der Waals surface area contributed by atoms with Crippen molar-refractivity contribution < 1.29 is 8.42 Å². The first kappa shape index (κ1) is 13.8. The number of terminal acetylenes is 1. The molecule has 0 aliphatic rings. The molecule has 1 aromatic rings. The van der Waals surface area contributed by atoms with Crippen LogP contribution >= 0.6 is 0 Å². The number of hydrogen-bond donors (Lipinski definition) is 1. The first-order valence-corrected chi connectivity index (χ1v) is 7.03. The Kier molecular flexibility index (Phi) is 4.73. The Hall–Kier alpha value is -1.31. The van der Waals surface area contributed by atoms with Gasteiger partial charge in [0.25, 0.3) is 0 Å². The van der Waals surface area contributed by atoms with Gasteiger partial charge in [-0.1, -0.05) is 37.5 Å². The van der Waals surface area contributed by atoms with Crippen LogP contribution in [0.3, 0.4) is 0 Å². The molecule has 0 heterocycles. The van der Waals surface area contributed by atoms with E-state index in [1.807, 2.05) is 6.92 Å². The summed E-state index contributed by atoms with van der Waals surface area (Å²) in [6, 6.07) is 6.41. The molecule has 0 aromatic heterocycles. The van der Waals surface area contributed by atoms with Crippen molar-refractivity contribution in [3.8, 4) is 12.3 Å². The van der Waals surface area contributed by atoms with Gasteiger partial charge in [-0.3, -0.25) is 0 Å². The normalized spacial score (nSPS) is 13.0. The maximum Gasteiger partial charge on any atom is 0.241 e. The molecule has 1 aromatic carbocycles. The molecule has 0 aliphatic carbocycles. The zero-order valence-corrected chi connectivity index (χ0v) is 10.9. The lowest BCUT2D eigenvalue weighted by molar-refractivity contribution is 0.564. The summed E-state index contributed by atoms with van der Waals surface area (Å²) in [5.74, 6) is 2.46. The minimum atomic E-state index is -3.52. The molecule has 92 valence electrons. The molecule has 0 amide bonds. The van der Waals surface area contributed by atoms with E-state index in [2.05, 4.69) is 10.6 Å². The predicted octanol–water partition coefficient (Wildman–Crippen LogP) is 2.08. The van der Waals surface area contributed by atoms with Crippen molar-refractivity contribution in [3.63, 3.8) is 0 Å². The number of hydrogen-bond acceptors (Lipinski definition) is 2. The van der Waals surface area contributed by atoms with Crippen LogP contribution in [0.25, 0.3) is 0 Å². The van der Waals surface area contributed by atoms with Crippen LogP contribution in [-0.4, -0.2) is 14.5 Å². The average Bonchev–Trinajstić information content (AvgIpc) is 2.28. The zero-order chi connectivity index (χ0) is 12.9. The molecular formula is C13H17NO2S. The highest BCUT2D eigenvalue weighted by Crippen LogP contribution is 2.14. The van der Waals surface area contributed by atoms with E-state index in [0.29, 0.717) is 12.0 Å². The van der Waals surface area contributed by atoms with Crippen LogP contribution in [0.2, 0.25) is 0 Å². The third-order valence-electron chi connectivity index (χ3n) is 2.46. The van der Waals surface area contributed by atoms with Crippen molar-refractivity contribution in [2.75, 3.05) is 0 Å². The molecule has 4 heteroatoms. The quantitative estimate of drug-likeness (QED) is 0.814. The second-order valence-electron chi connectivity index (χ2n) is 3.89. The zero-order valence-electron chi connectivity index (χ0n) is 10.1. The molecule has 0 bridgehead atoms. The van der Waals surface area contributed by atoms with Gasteiger partial charge in [-0.2, -0.15) is 4.72 Å². The Morgan fingerprint density at radius 1 is 1.41 bits per heavy atom. The SMILES string of the molecule is C#CC(CCC)NS(=O)(=O)c1ccccc1C. The van der Waals surface area contributed by atoms with Crippen molar-refractivity contribution >= 4 is 10.0 Å². The maximum atomic E-state index is 12.1. The minimum absolute atomic E-state index is 0.288. The number of aryl methyl sites for hydroxylation is 1. The van der Waals surface area contributed by atoms with E-state index < -0.39 is 16.1 Å². The highest BCUT2D eigenvalue weighted by molar-refractivity contribution is 7.89. The maximum absolute atomic E-state index is 12.1. The van der Waals surface area contributed by atoms with Crippen LogP contribution in [0.15, 0.2) is 29.2 Å². The van der Waals surface area contributed by atoms with Gasteiger partial charge < -0.3 is 0 Å². The number of nitrogens with one attached hydrogen (secondary N) is 1. The Morgan fingerprint density at radius 3 is 2.59 bits per heavy atom. The van der Waals surface area contributed by atoms with Gasteiger partial charge in [0.15, 0.2) is 0 Å². The summed E-state index contributed by atoms with van der Waals surface area (Å²) in [6.45, 7) is 3.73. The number of sulfonamides is 1. The largest absolute Gasteiger partial charge is 0.241 e. The van der Waals surface area contributed by atoms with Crippen molar-refractivity contribution in [2.24, 2.45) is 0 Å². The van der Waals surface area contributed by atoms with E-state index in [1.54, 1.807) is 31.2 Å². The summed E-state index contributed by atoms with van der Waals surface area (Å²) >= 11 is 0. The van der Waals surface area contributed by atoms with Gasteiger partial charge in [0.05, 0.1) is 10.9 Å². The molecule has 0 aliphatic heterocycles. The van der Waals surface area contributed by atoms with Gasteiger partial charge >= 0.3 is 0 Å². The lowest BCUT2D eigenvalue weighted by Gasteiger charge is -2.13. The first-order chi connectivity index (χ1) is 8.01. The first-order valence-electron chi connectivity index (χ1n) is 5.55. The van der Waals surface area contributed by atoms with Crippen molar-refractivity contribution in [2.45, 2.75) is 37.6 Å². The van der Waals surface area contributed by atoms with Crippen LogP contribution in [0.1, 0.15) is 25.3 Å². The third-order valence-corrected chi connectivity index (χ3v) is 4.09. The molecule has 1 N–H and O–H groups in total. The summed E-state index contributed by atoms with van der Waals surface area (Å²) in [5, 5.41) is 0. The minimum Gasteiger partial charge on any atom is -0.207 e. The molecule has 1 unspecified atom stereocenters. The van der Waals surface area contributed by atoms with E-state index in [1.165, 1.54) is 0 Å². The van der Waals surface area contributed by atoms with E-state index in [9.17, 15) is 8.42 Å². The van der Waals surface area contributed by atoms with E-state index >= 15 is 0 Å². The topological polar surface area (TPSA) is 46.2 Å².